The van der Waals surface area contributed by atoms with Crippen LogP contribution in [0.1, 0.15) is 37.0 Å². The molecule has 11 nitrogen and oxygen atoms in total. The molecular formula is C32H36N4O7. The fourth-order valence-corrected chi connectivity index (χ4v) is 6.69. The molecular weight excluding hydrogens is 552 g/mol. The third-order valence-corrected chi connectivity index (χ3v) is 8.61. The molecule has 1 fully saturated rings. The van der Waals surface area contributed by atoms with Crippen LogP contribution in [0.25, 0.3) is 16.9 Å². The number of nitrogens with zero attached hydrogens (tertiary/aromatic N) is 2. The van der Waals surface area contributed by atoms with Crippen molar-refractivity contribution in [1.82, 2.24) is 10.2 Å². The lowest BCUT2D eigenvalue weighted by Crippen LogP contribution is -2.65. The number of benzene rings is 2. The molecule has 0 radical (unpaired) electrons. The number of aliphatic hydroxyl groups excluding tert-OH is 2. The number of rotatable bonds is 7. The number of amides is 1. The zero-order chi connectivity index (χ0) is 30.5. The van der Waals surface area contributed by atoms with Crippen LogP contribution in [0.5, 0.6) is 5.75 Å². The third-order valence-electron chi connectivity index (χ3n) is 8.61. The highest BCUT2D eigenvalue weighted by Crippen LogP contribution is 2.53. The molecule has 3 aliphatic carbocycles. The maximum Gasteiger partial charge on any atom is 0.255 e. The van der Waals surface area contributed by atoms with Crippen LogP contribution in [-0.4, -0.2) is 75.1 Å². The fraction of sp³-hybridized carbons (Fsp3) is 0.375. The number of carbonyl (C=O) groups is 3. The first-order valence-corrected chi connectivity index (χ1v) is 13.6. The zero-order valence-electron chi connectivity index (χ0n) is 23.2. The summed E-state index contributed by atoms with van der Waals surface area (Å²) in [5.74, 6) is -6.80. The lowest BCUT2D eigenvalue weighted by atomic mass is 9.57. The summed E-state index contributed by atoms with van der Waals surface area (Å²) in [5.41, 5.74) is 4.86. The van der Waals surface area contributed by atoms with Crippen LogP contribution in [0, 0.1) is 23.2 Å². The second-order valence-electron chi connectivity index (χ2n) is 11.2. The summed E-state index contributed by atoms with van der Waals surface area (Å²) in [5, 5.41) is 56.8. The van der Waals surface area contributed by atoms with E-state index in [0.717, 1.165) is 16.7 Å². The molecule has 0 unspecified atom stereocenters. The first kappa shape index (κ1) is 31.4. The van der Waals surface area contributed by atoms with Gasteiger partial charge in [0.25, 0.3) is 5.91 Å². The maximum absolute atomic E-state index is 14.0. The summed E-state index contributed by atoms with van der Waals surface area (Å²) in [4.78, 5) is 40.8. The lowest BCUT2D eigenvalue weighted by molar-refractivity contribution is -0.153. The summed E-state index contributed by atoms with van der Waals surface area (Å²) in [7, 11) is 3.12. The number of nitrogens with two attached hydrogens (primary N) is 1. The van der Waals surface area contributed by atoms with Crippen LogP contribution in [-0.2, 0) is 27.3 Å². The van der Waals surface area contributed by atoms with E-state index in [2.05, 4.69) is 11.4 Å². The van der Waals surface area contributed by atoms with Gasteiger partial charge in [-0.1, -0.05) is 37.8 Å². The van der Waals surface area contributed by atoms with Gasteiger partial charge in [-0.3, -0.25) is 19.3 Å². The number of ketones is 2. The molecule has 0 spiro atoms. The number of Topliss-reactive ketones (excluding diaryl/α,β-unsaturated/α-hetero) is 2. The number of hydrogen-bond donors (Lipinski definition) is 6. The Labute approximate surface area is 249 Å². The minimum atomic E-state index is -2.67. The summed E-state index contributed by atoms with van der Waals surface area (Å²) in [6, 6.07) is 11.8. The van der Waals surface area contributed by atoms with Crippen molar-refractivity contribution in [1.29, 1.82) is 5.26 Å². The summed E-state index contributed by atoms with van der Waals surface area (Å²) in [6.07, 6.45) is 0.633. The molecule has 7 N–H and O–H groups in total. The number of likely N-dealkylation sites (N-methyl/N-ethyl adjacent to an activating group) is 1. The molecule has 0 saturated heterocycles. The smallest absolute Gasteiger partial charge is 0.255 e. The maximum atomic E-state index is 14.0. The standard InChI is InChI=1S/C31H32N4O7.CH4/c1-35(2)25-20-13-17-12-19-18(16-6-4-15(5-7-16)14-34-11-3-10-32)8-9-21(36)23(19)26(37)22(17)28(39)31(20,42)29(40)24(27(25)38)30(33)41;/h4-9,17,20,25,34,36-37,40,42H,3,11-14H2,1-2H3,(H2,33,41);1H4/t17-,20-,25-,31-;/m0./s1. The molecule has 5 rings (SSSR count). The van der Waals surface area contributed by atoms with Gasteiger partial charge in [0.1, 0.15) is 22.8 Å². The second kappa shape index (κ2) is 11.6. The van der Waals surface area contributed by atoms with Gasteiger partial charge in [-0.2, -0.15) is 5.26 Å². The SMILES string of the molecule is C.CN(C)[C@@H]1C(=O)C(C(N)=O)=C(O)[C@@]2(O)C(=O)C3=C(O)c4c(O)ccc(-c5ccc(CNCCC#N)cc5)c4C[C@H]3C[C@@H]12. The number of aliphatic hydroxyl groups is 3. The quantitative estimate of drug-likeness (QED) is 0.206. The Bertz CT molecular complexity index is 1600. The van der Waals surface area contributed by atoms with Gasteiger partial charge >= 0.3 is 0 Å². The van der Waals surface area contributed by atoms with Gasteiger partial charge in [0.15, 0.2) is 11.4 Å². The Hall–Kier alpha value is -4.50. The predicted molar refractivity (Wildman–Crippen MR) is 158 cm³/mol. The molecule has 2 aromatic carbocycles. The van der Waals surface area contributed by atoms with Gasteiger partial charge in [0.2, 0.25) is 5.78 Å². The number of phenols is 1. The Balaban J connectivity index is 0.00000423. The largest absolute Gasteiger partial charge is 0.508 e. The molecule has 0 aromatic heterocycles. The molecule has 0 aliphatic heterocycles. The van der Waals surface area contributed by atoms with E-state index < -0.39 is 58.0 Å². The van der Waals surface area contributed by atoms with E-state index in [1.807, 2.05) is 24.3 Å². The highest BCUT2D eigenvalue weighted by molar-refractivity contribution is 6.24. The van der Waals surface area contributed by atoms with Crippen molar-refractivity contribution in [3.63, 3.8) is 0 Å². The number of carbonyl (C=O) groups excluding carboxylic acids is 3. The third kappa shape index (κ3) is 4.87. The van der Waals surface area contributed by atoms with E-state index >= 15 is 0 Å². The van der Waals surface area contributed by atoms with Crippen molar-refractivity contribution < 1.29 is 34.8 Å². The number of nitriles is 1. The van der Waals surface area contributed by atoms with Crippen molar-refractivity contribution in [2.45, 2.75) is 44.9 Å². The molecule has 0 bridgehead atoms. The van der Waals surface area contributed by atoms with Crippen LogP contribution in [0.15, 0.2) is 53.3 Å². The van der Waals surface area contributed by atoms with Crippen LogP contribution in [0.2, 0.25) is 0 Å². The molecule has 226 valence electrons. The van der Waals surface area contributed by atoms with E-state index in [0.29, 0.717) is 25.1 Å². The molecule has 11 heteroatoms. The van der Waals surface area contributed by atoms with Crippen LogP contribution < -0.4 is 11.1 Å². The minimum absolute atomic E-state index is 0. The van der Waals surface area contributed by atoms with Crippen molar-refractivity contribution in [3.8, 4) is 22.9 Å². The molecule has 0 heterocycles. The van der Waals surface area contributed by atoms with E-state index in [1.54, 1.807) is 20.2 Å². The van der Waals surface area contributed by atoms with Gasteiger partial charge in [0, 0.05) is 31.0 Å². The van der Waals surface area contributed by atoms with Crippen molar-refractivity contribution >= 4 is 23.2 Å². The second-order valence-corrected chi connectivity index (χ2v) is 11.2. The van der Waals surface area contributed by atoms with Crippen molar-refractivity contribution in [2.24, 2.45) is 17.6 Å². The molecule has 43 heavy (non-hydrogen) atoms. The highest BCUT2D eigenvalue weighted by atomic mass is 16.3. The van der Waals surface area contributed by atoms with Crippen molar-refractivity contribution in [2.75, 3.05) is 20.6 Å². The monoisotopic (exact) mass is 588 g/mol. The van der Waals surface area contributed by atoms with Crippen LogP contribution >= 0.6 is 0 Å². The summed E-state index contributed by atoms with van der Waals surface area (Å²) >= 11 is 0. The molecule has 2 aromatic rings. The van der Waals surface area contributed by atoms with Gasteiger partial charge < -0.3 is 31.5 Å². The first-order chi connectivity index (χ1) is 19.9. The molecule has 1 saturated carbocycles. The predicted octanol–water partition coefficient (Wildman–Crippen LogP) is 2.27. The molecule has 3 aliphatic rings. The van der Waals surface area contributed by atoms with Crippen LogP contribution in [0.3, 0.4) is 0 Å². The number of hydrogen-bond acceptors (Lipinski definition) is 10. The van der Waals surface area contributed by atoms with Gasteiger partial charge in [0.05, 0.1) is 17.7 Å². The number of primary amides is 1. The number of nitrogens with one attached hydrogen (secondary N) is 1. The Morgan fingerprint density at radius 1 is 1.14 bits per heavy atom. The topological polar surface area (TPSA) is 197 Å². The van der Waals surface area contributed by atoms with E-state index in [4.69, 9.17) is 11.0 Å². The Morgan fingerprint density at radius 3 is 2.42 bits per heavy atom. The number of phenolic OH excluding ortho intramolecular Hbond substituents is 1. The molecule has 4 atom stereocenters. The lowest BCUT2D eigenvalue weighted by Gasteiger charge is -2.50. The van der Waals surface area contributed by atoms with Crippen molar-refractivity contribution in [3.05, 3.63) is 70.0 Å². The van der Waals surface area contributed by atoms with Gasteiger partial charge in [-0.25, -0.2) is 0 Å². The summed E-state index contributed by atoms with van der Waals surface area (Å²) in [6.45, 7) is 1.16. The van der Waals surface area contributed by atoms with Gasteiger partial charge in [-0.15, -0.1) is 0 Å². The highest BCUT2D eigenvalue weighted by Gasteiger charge is 2.64. The van der Waals surface area contributed by atoms with E-state index in [-0.39, 0.29) is 37.2 Å². The average molecular weight is 589 g/mol. The average Bonchev–Trinajstić information content (AvgIpc) is 2.93. The first-order valence-electron chi connectivity index (χ1n) is 13.6. The summed E-state index contributed by atoms with van der Waals surface area (Å²) < 4.78 is 0. The van der Waals surface area contributed by atoms with E-state index in [9.17, 15) is 34.8 Å². The van der Waals surface area contributed by atoms with E-state index in [1.165, 1.54) is 11.0 Å². The zero-order valence-corrected chi connectivity index (χ0v) is 23.2. The Kier molecular flexibility index (Phi) is 8.51. The number of aromatic hydroxyl groups is 1. The van der Waals surface area contributed by atoms with Crippen LogP contribution in [0.4, 0.5) is 0 Å². The normalized spacial score (nSPS) is 24.6. The fourth-order valence-electron chi connectivity index (χ4n) is 6.69. The molecule has 1 amide bonds. The minimum Gasteiger partial charge on any atom is -0.508 e. The Morgan fingerprint density at radius 2 is 1.81 bits per heavy atom. The number of fused-ring (bicyclic) bond motifs is 3. The van der Waals surface area contributed by atoms with Gasteiger partial charge in [-0.05, 0) is 61.2 Å².